The Morgan fingerprint density at radius 1 is 0.844 bits per heavy atom. The Bertz CT molecular complexity index is 861. The van der Waals surface area contributed by atoms with E-state index in [1.807, 2.05) is 0 Å². The Morgan fingerprint density at radius 2 is 1.53 bits per heavy atom. The van der Waals surface area contributed by atoms with E-state index >= 15 is 0 Å². The molecule has 0 amide bonds. The van der Waals surface area contributed by atoms with Gasteiger partial charge in [0.2, 0.25) is 0 Å². The van der Waals surface area contributed by atoms with E-state index in [0.717, 1.165) is 73.5 Å². The number of carbonyl (C=O) groups excluding carboxylic acids is 1. The number of aldehydes is 1. The van der Waals surface area contributed by atoms with Crippen molar-refractivity contribution in [2.75, 3.05) is 18.0 Å². The van der Waals surface area contributed by atoms with Gasteiger partial charge in [0.1, 0.15) is 16.3 Å². The van der Waals surface area contributed by atoms with Gasteiger partial charge in [-0.1, -0.05) is 30.6 Å². The highest BCUT2D eigenvalue weighted by molar-refractivity contribution is 7.14. The molecule has 6 heteroatoms. The minimum atomic E-state index is 0.245. The fourth-order valence-corrected chi connectivity index (χ4v) is 6.57. The SMILES string of the molecule is O=CC1CCC(c2nnc(-c3ccc(N4CCC(OC5CCCCC5)CC4)cc3)s2)CC1. The zero-order valence-electron chi connectivity index (χ0n) is 19.0. The van der Waals surface area contributed by atoms with Crippen LogP contribution in [0.15, 0.2) is 24.3 Å². The first-order chi connectivity index (χ1) is 15.8. The summed E-state index contributed by atoms with van der Waals surface area (Å²) in [6.45, 7) is 2.15. The van der Waals surface area contributed by atoms with Crippen LogP contribution < -0.4 is 4.90 Å². The lowest BCUT2D eigenvalue weighted by Gasteiger charge is -2.36. The molecule has 2 aromatic rings. The largest absolute Gasteiger partial charge is 0.375 e. The first kappa shape index (κ1) is 22.0. The Hall–Kier alpha value is -1.79. The predicted molar refractivity (Wildman–Crippen MR) is 129 cm³/mol. The Morgan fingerprint density at radius 3 is 2.22 bits per heavy atom. The second-order valence-electron chi connectivity index (χ2n) is 9.82. The Labute approximate surface area is 195 Å². The van der Waals surface area contributed by atoms with Crippen molar-refractivity contribution < 1.29 is 9.53 Å². The number of carbonyl (C=O) groups is 1. The highest BCUT2D eigenvalue weighted by Crippen LogP contribution is 2.38. The van der Waals surface area contributed by atoms with Crippen LogP contribution in [0, 0.1) is 5.92 Å². The molecule has 3 fully saturated rings. The number of anilines is 1. The van der Waals surface area contributed by atoms with Crippen LogP contribution >= 0.6 is 11.3 Å². The summed E-state index contributed by atoms with van der Waals surface area (Å²) in [5, 5.41) is 11.1. The summed E-state index contributed by atoms with van der Waals surface area (Å²) in [6.07, 6.45) is 15.0. The number of ether oxygens (including phenoxy) is 1. The molecule has 1 aliphatic heterocycles. The van der Waals surface area contributed by atoms with E-state index in [1.165, 1.54) is 37.8 Å². The van der Waals surface area contributed by atoms with Crippen LogP contribution in [0.25, 0.3) is 10.6 Å². The van der Waals surface area contributed by atoms with Gasteiger partial charge in [-0.25, -0.2) is 0 Å². The number of hydrogen-bond donors (Lipinski definition) is 0. The summed E-state index contributed by atoms with van der Waals surface area (Å²) in [4.78, 5) is 13.5. The lowest BCUT2D eigenvalue weighted by Crippen LogP contribution is -2.38. The van der Waals surface area contributed by atoms with E-state index in [9.17, 15) is 4.79 Å². The third kappa shape index (κ3) is 5.23. The van der Waals surface area contributed by atoms with Gasteiger partial charge in [0.05, 0.1) is 12.2 Å². The summed E-state index contributed by atoms with van der Waals surface area (Å²) in [7, 11) is 0. The molecule has 0 unspecified atom stereocenters. The zero-order valence-corrected chi connectivity index (χ0v) is 19.8. The van der Waals surface area contributed by atoms with Gasteiger partial charge in [-0.05, 0) is 75.6 Å². The van der Waals surface area contributed by atoms with Gasteiger partial charge in [-0.3, -0.25) is 0 Å². The van der Waals surface area contributed by atoms with Crippen LogP contribution in [0.4, 0.5) is 5.69 Å². The smallest absolute Gasteiger partial charge is 0.147 e. The van der Waals surface area contributed by atoms with Crippen molar-refractivity contribution in [3.8, 4) is 10.6 Å². The first-order valence-electron chi connectivity index (χ1n) is 12.6. The fraction of sp³-hybridized carbons (Fsp3) is 0.654. The van der Waals surface area contributed by atoms with Gasteiger partial charge in [-0.2, -0.15) is 0 Å². The van der Waals surface area contributed by atoms with Crippen molar-refractivity contribution in [2.24, 2.45) is 5.92 Å². The third-order valence-corrected chi connectivity index (χ3v) is 8.75. The molecule has 5 rings (SSSR count). The number of rotatable bonds is 6. The second-order valence-corrected chi connectivity index (χ2v) is 10.8. The zero-order chi connectivity index (χ0) is 21.8. The van der Waals surface area contributed by atoms with Gasteiger partial charge >= 0.3 is 0 Å². The van der Waals surface area contributed by atoms with Crippen LogP contribution in [-0.4, -0.2) is 41.8 Å². The summed E-state index contributed by atoms with van der Waals surface area (Å²) in [5.74, 6) is 0.712. The molecular weight excluding hydrogens is 418 g/mol. The van der Waals surface area contributed by atoms with E-state index in [-0.39, 0.29) is 5.92 Å². The molecule has 0 bridgehead atoms. The van der Waals surface area contributed by atoms with Crippen LogP contribution in [-0.2, 0) is 9.53 Å². The monoisotopic (exact) mass is 453 g/mol. The summed E-state index contributed by atoms with van der Waals surface area (Å²) in [5.41, 5.74) is 2.44. The topological polar surface area (TPSA) is 55.3 Å². The molecule has 1 saturated heterocycles. The van der Waals surface area contributed by atoms with Gasteiger partial charge < -0.3 is 14.4 Å². The molecule has 3 aliphatic rings. The molecule has 2 heterocycles. The minimum Gasteiger partial charge on any atom is -0.375 e. The van der Waals surface area contributed by atoms with Crippen molar-refractivity contribution in [1.29, 1.82) is 0 Å². The average molecular weight is 454 g/mol. The summed E-state index contributed by atoms with van der Waals surface area (Å²) in [6, 6.07) is 8.84. The average Bonchev–Trinajstić information content (AvgIpc) is 3.36. The van der Waals surface area contributed by atoms with E-state index < -0.39 is 0 Å². The Kier molecular flexibility index (Phi) is 7.18. The highest BCUT2D eigenvalue weighted by Gasteiger charge is 2.26. The molecule has 2 saturated carbocycles. The minimum absolute atomic E-state index is 0.245. The highest BCUT2D eigenvalue weighted by atomic mass is 32.1. The number of piperidine rings is 1. The van der Waals surface area contributed by atoms with Crippen molar-refractivity contribution in [3.63, 3.8) is 0 Å². The standard InChI is InChI=1S/C26H35N3O2S/c30-18-19-6-8-20(9-7-19)25-27-28-26(32-25)21-10-12-22(13-11-21)29-16-14-24(15-17-29)31-23-4-2-1-3-5-23/h10-13,18-20,23-24H,1-9,14-17H2. The van der Waals surface area contributed by atoms with Gasteiger partial charge in [-0.15, -0.1) is 10.2 Å². The normalized spacial score (nSPS) is 25.7. The quantitative estimate of drug-likeness (QED) is 0.502. The van der Waals surface area contributed by atoms with Crippen LogP contribution in [0.1, 0.15) is 81.6 Å². The third-order valence-electron chi connectivity index (χ3n) is 7.61. The molecule has 2 aliphatic carbocycles. The molecular formula is C26H35N3O2S. The van der Waals surface area contributed by atoms with E-state index in [4.69, 9.17) is 4.74 Å². The van der Waals surface area contributed by atoms with E-state index in [0.29, 0.717) is 18.1 Å². The van der Waals surface area contributed by atoms with Crippen LogP contribution in [0.5, 0.6) is 0 Å². The van der Waals surface area contributed by atoms with Crippen molar-refractivity contribution in [1.82, 2.24) is 10.2 Å². The molecule has 5 nitrogen and oxygen atoms in total. The van der Waals surface area contributed by atoms with E-state index in [1.54, 1.807) is 11.3 Å². The number of hydrogen-bond acceptors (Lipinski definition) is 6. The molecule has 1 aromatic carbocycles. The maximum Gasteiger partial charge on any atom is 0.147 e. The predicted octanol–water partition coefficient (Wildman–Crippen LogP) is 6.00. The molecule has 0 radical (unpaired) electrons. The van der Waals surface area contributed by atoms with Crippen LogP contribution in [0.2, 0.25) is 0 Å². The second kappa shape index (κ2) is 10.4. The van der Waals surface area contributed by atoms with Crippen LogP contribution in [0.3, 0.4) is 0 Å². The number of nitrogens with zero attached hydrogens (tertiary/aromatic N) is 3. The molecule has 172 valence electrons. The number of aromatic nitrogens is 2. The van der Waals surface area contributed by atoms with Crippen molar-refractivity contribution in [3.05, 3.63) is 29.3 Å². The van der Waals surface area contributed by atoms with Gasteiger partial charge in [0.25, 0.3) is 0 Å². The lowest BCUT2D eigenvalue weighted by molar-refractivity contribution is -0.111. The number of benzene rings is 1. The molecule has 32 heavy (non-hydrogen) atoms. The summed E-state index contributed by atoms with van der Waals surface area (Å²) >= 11 is 1.72. The maximum absolute atomic E-state index is 11.0. The molecule has 0 spiro atoms. The first-order valence-corrected chi connectivity index (χ1v) is 13.4. The lowest BCUT2D eigenvalue weighted by atomic mass is 9.83. The van der Waals surface area contributed by atoms with Gasteiger partial charge in [0, 0.05) is 36.2 Å². The molecule has 0 atom stereocenters. The van der Waals surface area contributed by atoms with E-state index in [2.05, 4.69) is 39.4 Å². The molecule has 1 aromatic heterocycles. The van der Waals surface area contributed by atoms with Crippen molar-refractivity contribution in [2.45, 2.75) is 88.8 Å². The summed E-state index contributed by atoms with van der Waals surface area (Å²) < 4.78 is 6.40. The van der Waals surface area contributed by atoms with Gasteiger partial charge in [0.15, 0.2) is 0 Å². The fourth-order valence-electron chi connectivity index (χ4n) is 5.56. The maximum atomic E-state index is 11.0. The van der Waals surface area contributed by atoms with Crippen molar-refractivity contribution >= 4 is 23.3 Å². The Balaban J connectivity index is 1.14. The molecule has 0 N–H and O–H groups in total.